The fourth-order valence-corrected chi connectivity index (χ4v) is 3.21. The Morgan fingerprint density at radius 3 is 1.76 bits per heavy atom. The Hall–Kier alpha value is 0.846. The summed E-state index contributed by atoms with van der Waals surface area (Å²) in [6.07, 6.45) is 6.35. The summed E-state index contributed by atoms with van der Waals surface area (Å²) in [5, 5.41) is 9.21. The molecule has 0 aliphatic carbocycles. The molecule has 4 saturated heterocycles. The molecule has 3 atom stereocenters. The van der Waals surface area contributed by atoms with E-state index >= 15 is 0 Å². The molecule has 0 aromatic carbocycles. The molecule has 4 heterocycles. The van der Waals surface area contributed by atoms with Crippen molar-refractivity contribution in [2.45, 2.75) is 100 Å². The minimum Gasteiger partial charge on any atom is -1.00 e. The summed E-state index contributed by atoms with van der Waals surface area (Å²) >= 11 is 0. The van der Waals surface area contributed by atoms with Gasteiger partial charge in [0.25, 0.3) is 0 Å². The maximum atomic E-state index is 5.59. The van der Waals surface area contributed by atoms with Gasteiger partial charge in [-0.05, 0) is 46.0 Å². The van der Waals surface area contributed by atoms with Crippen molar-refractivity contribution in [1.29, 1.82) is 0 Å². The Morgan fingerprint density at radius 1 is 0.805 bits per heavy atom. The fraction of sp³-hybridized carbons (Fsp3) is 1.00. The first kappa shape index (κ1) is 51.4. The average Bonchev–Trinajstić information content (AvgIpc) is 2.97. The van der Waals surface area contributed by atoms with Crippen LogP contribution in [0.2, 0.25) is 0 Å². The number of morpholine rings is 3. The minimum absolute atomic E-state index is 0. The first-order valence-corrected chi connectivity index (χ1v) is 14.0. The van der Waals surface area contributed by atoms with Gasteiger partial charge in [-0.2, -0.15) is 5.06 Å². The van der Waals surface area contributed by atoms with Crippen LogP contribution in [0.3, 0.4) is 0 Å². The van der Waals surface area contributed by atoms with Crippen LogP contribution >= 0.6 is 0 Å². The van der Waals surface area contributed by atoms with Crippen LogP contribution in [0.1, 0.15) is 82.1 Å². The second kappa shape index (κ2) is 38.9. The average molecular weight is 673 g/mol. The van der Waals surface area contributed by atoms with E-state index in [1.165, 1.54) is 12.8 Å². The molecular formula is C29H66BrMgN3O7. The van der Waals surface area contributed by atoms with Gasteiger partial charge in [0, 0.05) is 46.0 Å². The number of hydroxylamine groups is 2. The third-order valence-electron chi connectivity index (χ3n) is 5.84. The molecule has 4 rings (SSSR count). The molecule has 0 bridgehead atoms. The Balaban J connectivity index is -0.000000141. The maximum Gasteiger partial charge on any atom is 2.00 e. The zero-order valence-corrected chi connectivity index (χ0v) is 27.5. The van der Waals surface area contributed by atoms with Gasteiger partial charge in [0.05, 0.1) is 44.7 Å². The van der Waals surface area contributed by atoms with E-state index in [0.717, 1.165) is 105 Å². The third-order valence-corrected chi connectivity index (χ3v) is 5.84. The molecule has 0 amide bonds. The van der Waals surface area contributed by atoms with Crippen molar-refractivity contribution in [2.75, 3.05) is 92.1 Å². The van der Waals surface area contributed by atoms with E-state index in [1.54, 1.807) is 0 Å². The van der Waals surface area contributed by atoms with Crippen LogP contribution in [-0.2, 0) is 33.6 Å². The standard InChI is InChI=1S/C10H20O3.C8H17NO2.C4H9NO.C4H8NO.3CH4.BrH.Mg/c1-3-9(2)13-12-8-10-6-4-5-7-11-10;1-3-8(2)11-9-4-6-10-7-5-9;2*1-3-6-4-2-5-1;;;;;/h9-10H,3-8H2,1-2H3;8H,3-7H2,1-2H3;5H,1-4H2;1-4H2;3*1H4;1H;/q;;;-1;;;;;+2/p-1. The van der Waals surface area contributed by atoms with E-state index in [4.69, 9.17) is 33.6 Å². The predicted octanol–water partition coefficient (Wildman–Crippen LogP) is 1.88. The second-order valence-corrected chi connectivity index (χ2v) is 9.10. The van der Waals surface area contributed by atoms with E-state index in [2.05, 4.69) is 31.4 Å². The first-order chi connectivity index (χ1) is 17.7. The summed E-state index contributed by atoms with van der Waals surface area (Å²) in [4.78, 5) is 15.8. The summed E-state index contributed by atoms with van der Waals surface area (Å²) in [7, 11) is 0. The Bertz CT molecular complexity index is 425. The number of hydrogen-bond donors (Lipinski definition) is 1. The van der Waals surface area contributed by atoms with Gasteiger partial charge in [-0.1, -0.05) is 36.1 Å². The maximum absolute atomic E-state index is 5.59. The summed E-state index contributed by atoms with van der Waals surface area (Å²) < 4.78 is 20.7. The van der Waals surface area contributed by atoms with Gasteiger partial charge in [-0.3, -0.25) is 4.84 Å². The molecule has 3 unspecified atom stereocenters. The van der Waals surface area contributed by atoms with Crippen LogP contribution in [0.25, 0.3) is 5.32 Å². The summed E-state index contributed by atoms with van der Waals surface area (Å²) in [5.41, 5.74) is 0. The minimum atomic E-state index is 0. The van der Waals surface area contributed by atoms with E-state index in [-0.39, 0.29) is 74.5 Å². The zero-order chi connectivity index (χ0) is 26.1. The van der Waals surface area contributed by atoms with Crippen LogP contribution in [0.5, 0.6) is 0 Å². The van der Waals surface area contributed by atoms with E-state index in [1.807, 2.05) is 12.0 Å². The van der Waals surface area contributed by atoms with Crippen molar-refractivity contribution in [1.82, 2.24) is 10.4 Å². The van der Waals surface area contributed by atoms with E-state index in [9.17, 15) is 0 Å². The molecule has 0 spiro atoms. The van der Waals surface area contributed by atoms with Crippen LogP contribution in [-0.4, -0.2) is 139 Å². The van der Waals surface area contributed by atoms with Crippen molar-refractivity contribution in [3.05, 3.63) is 5.32 Å². The van der Waals surface area contributed by atoms with Gasteiger partial charge < -0.3 is 46.6 Å². The van der Waals surface area contributed by atoms with Gasteiger partial charge in [-0.25, -0.2) is 9.78 Å². The van der Waals surface area contributed by atoms with Crippen molar-refractivity contribution in [3.63, 3.8) is 0 Å². The van der Waals surface area contributed by atoms with E-state index < -0.39 is 0 Å². The topological polar surface area (TPSA) is 94.0 Å². The SMILES string of the molecule is C.C.C.C1COCCN1.C1COCC[N-]1.CCC(C)ON1CCOCC1.CCC(C)OOCC1CCCCO1.[Br-].[Mg+2]. The first-order valence-electron chi connectivity index (χ1n) is 14.0. The molecule has 4 aliphatic heterocycles. The molecule has 0 aromatic heterocycles. The molecule has 1 N–H and O–H groups in total. The molecule has 4 fully saturated rings. The Labute approximate surface area is 280 Å². The summed E-state index contributed by atoms with van der Waals surface area (Å²) in [6, 6.07) is 0. The largest absolute Gasteiger partial charge is 2.00 e. The molecule has 4 aliphatic rings. The molecule has 10 nitrogen and oxygen atoms in total. The van der Waals surface area contributed by atoms with Crippen molar-refractivity contribution in [3.8, 4) is 0 Å². The van der Waals surface area contributed by atoms with E-state index in [0.29, 0.717) is 12.7 Å². The van der Waals surface area contributed by atoms with Gasteiger partial charge >= 0.3 is 23.1 Å². The van der Waals surface area contributed by atoms with Crippen LogP contribution < -0.4 is 22.3 Å². The molecule has 0 aromatic rings. The summed E-state index contributed by atoms with van der Waals surface area (Å²) in [5.74, 6) is 0. The second-order valence-electron chi connectivity index (χ2n) is 9.10. The van der Waals surface area contributed by atoms with Crippen molar-refractivity contribution < 1.29 is 50.5 Å². The van der Waals surface area contributed by atoms with Crippen LogP contribution in [0, 0.1) is 0 Å². The van der Waals surface area contributed by atoms with Crippen LogP contribution in [0.4, 0.5) is 0 Å². The molecule has 0 radical (unpaired) electrons. The molecular weight excluding hydrogens is 607 g/mol. The molecule has 248 valence electrons. The number of rotatable bonds is 8. The number of nitrogens with zero attached hydrogens (tertiary/aromatic N) is 2. The van der Waals surface area contributed by atoms with Crippen molar-refractivity contribution in [2.24, 2.45) is 0 Å². The van der Waals surface area contributed by atoms with Gasteiger partial charge in [-0.15, -0.1) is 13.1 Å². The number of nitrogens with one attached hydrogen (secondary N) is 1. The number of halogens is 1. The summed E-state index contributed by atoms with van der Waals surface area (Å²) in [6.45, 7) is 20.5. The zero-order valence-electron chi connectivity index (χ0n) is 24.5. The Morgan fingerprint density at radius 2 is 1.37 bits per heavy atom. The van der Waals surface area contributed by atoms with Crippen LogP contribution in [0.15, 0.2) is 0 Å². The van der Waals surface area contributed by atoms with Gasteiger partial charge in [0.2, 0.25) is 0 Å². The normalized spacial score (nSPS) is 21.5. The third kappa shape index (κ3) is 33.6. The molecule has 41 heavy (non-hydrogen) atoms. The molecule has 12 heteroatoms. The Kier molecular flexibility index (Phi) is 48.8. The monoisotopic (exact) mass is 671 g/mol. The van der Waals surface area contributed by atoms with Gasteiger partial charge in [0.1, 0.15) is 6.61 Å². The van der Waals surface area contributed by atoms with Gasteiger partial charge in [0.15, 0.2) is 0 Å². The smallest absolute Gasteiger partial charge is 1.00 e. The number of ether oxygens (including phenoxy) is 4. The predicted molar refractivity (Wildman–Crippen MR) is 167 cm³/mol. The quantitative estimate of drug-likeness (QED) is 0.236. The fourth-order valence-electron chi connectivity index (χ4n) is 3.21. The van der Waals surface area contributed by atoms with Crippen molar-refractivity contribution >= 4 is 23.1 Å². The molecule has 0 saturated carbocycles. The number of hydrogen-bond acceptors (Lipinski definition) is 9.